The molecule has 0 heterocycles. The number of carbonyl (C=O) groups excluding carboxylic acids is 1. The zero-order valence-corrected chi connectivity index (χ0v) is 7.82. The maximum absolute atomic E-state index is 10.9. The Morgan fingerprint density at radius 1 is 1.69 bits per heavy atom. The van der Waals surface area contributed by atoms with E-state index >= 15 is 0 Å². The molecule has 2 nitrogen and oxygen atoms in total. The molecule has 0 spiro atoms. The van der Waals surface area contributed by atoms with Crippen LogP contribution >= 0.6 is 0 Å². The Morgan fingerprint density at radius 2 is 2.54 bits per heavy atom. The molecule has 2 rings (SSSR count). The highest BCUT2D eigenvalue weighted by Gasteiger charge is 2.38. The van der Waals surface area contributed by atoms with E-state index in [0.29, 0.717) is 0 Å². The average molecular weight is 178 g/mol. The van der Waals surface area contributed by atoms with Gasteiger partial charge in [-0.15, -0.1) is 0 Å². The molecule has 2 aliphatic rings. The van der Waals surface area contributed by atoms with Crippen molar-refractivity contribution in [2.45, 2.75) is 19.3 Å². The van der Waals surface area contributed by atoms with Gasteiger partial charge in [-0.3, -0.25) is 0 Å². The van der Waals surface area contributed by atoms with Crippen molar-refractivity contribution < 1.29 is 9.53 Å². The van der Waals surface area contributed by atoms with Gasteiger partial charge in [0.05, 0.1) is 7.11 Å². The van der Waals surface area contributed by atoms with Crippen molar-refractivity contribution in [1.82, 2.24) is 0 Å². The molecule has 0 radical (unpaired) electrons. The van der Waals surface area contributed by atoms with Gasteiger partial charge in [-0.2, -0.15) is 0 Å². The molecule has 0 saturated heterocycles. The van der Waals surface area contributed by atoms with Gasteiger partial charge in [0.1, 0.15) is 0 Å². The molecule has 1 saturated carbocycles. The number of carbonyl (C=O) groups is 1. The fourth-order valence-electron chi connectivity index (χ4n) is 2.30. The fraction of sp³-hybridized carbons (Fsp3) is 0.545. The van der Waals surface area contributed by atoms with Crippen LogP contribution in [0.25, 0.3) is 0 Å². The van der Waals surface area contributed by atoms with Crippen LogP contribution in [0, 0.1) is 11.3 Å². The second-order valence-corrected chi connectivity index (χ2v) is 3.95. The van der Waals surface area contributed by atoms with E-state index in [1.54, 1.807) is 6.08 Å². The highest BCUT2D eigenvalue weighted by atomic mass is 16.5. The van der Waals surface area contributed by atoms with Crippen LogP contribution in [0.3, 0.4) is 0 Å². The molecule has 0 aromatic carbocycles. The third-order valence-electron chi connectivity index (χ3n) is 3.08. The molecule has 0 amide bonds. The lowest BCUT2D eigenvalue weighted by Gasteiger charge is -2.17. The molecule has 2 unspecified atom stereocenters. The van der Waals surface area contributed by atoms with E-state index in [1.165, 1.54) is 26.4 Å². The van der Waals surface area contributed by atoms with Crippen LogP contribution in [-0.4, -0.2) is 13.1 Å². The number of allylic oxidation sites excluding steroid dienone is 3. The number of hydrogen-bond donors (Lipinski definition) is 0. The molecule has 0 aromatic rings. The maximum atomic E-state index is 10.9. The van der Waals surface area contributed by atoms with Gasteiger partial charge in [-0.05, 0) is 25.2 Å². The van der Waals surface area contributed by atoms with Crippen LogP contribution in [-0.2, 0) is 9.53 Å². The lowest BCUT2D eigenvalue weighted by molar-refractivity contribution is -0.134. The Hall–Kier alpha value is -1.05. The SMILES string of the molecule is COC(=O)C=CC12C=CC(CC1)C2. The van der Waals surface area contributed by atoms with Gasteiger partial charge in [-0.1, -0.05) is 18.2 Å². The van der Waals surface area contributed by atoms with Crippen LogP contribution in [0.5, 0.6) is 0 Å². The van der Waals surface area contributed by atoms with Crippen molar-refractivity contribution in [2.24, 2.45) is 11.3 Å². The Balaban J connectivity index is 2.05. The largest absolute Gasteiger partial charge is 0.466 e. The summed E-state index contributed by atoms with van der Waals surface area (Å²) in [7, 11) is 1.41. The first-order valence-electron chi connectivity index (χ1n) is 4.71. The minimum atomic E-state index is -0.252. The zero-order chi connectivity index (χ0) is 9.31. The summed E-state index contributed by atoms with van der Waals surface area (Å²) >= 11 is 0. The molecule has 2 atom stereocenters. The molecule has 0 aromatic heterocycles. The van der Waals surface area contributed by atoms with Crippen LogP contribution in [0.4, 0.5) is 0 Å². The summed E-state index contributed by atoms with van der Waals surface area (Å²) in [6.07, 6.45) is 11.7. The van der Waals surface area contributed by atoms with Crippen LogP contribution < -0.4 is 0 Å². The summed E-state index contributed by atoms with van der Waals surface area (Å²) in [5.74, 6) is 0.500. The van der Waals surface area contributed by atoms with Crippen molar-refractivity contribution >= 4 is 5.97 Å². The van der Waals surface area contributed by atoms with Crippen molar-refractivity contribution in [3.8, 4) is 0 Å². The molecular weight excluding hydrogens is 164 g/mol. The summed E-state index contributed by atoms with van der Waals surface area (Å²) in [4.78, 5) is 10.9. The Kier molecular flexibility index (Phi) is 1.98. The molecule has 1 fully saturated rings. The number of hydrogen-bond acceptors (Lipinski definition) is 2. The third kappa shape index (κ3) is 1.53. The number of rotatable bonds is 2. The molecule has 13 heavy (non-hydrogen) atoms. The van der Waals surface area contributed by atoms with Gasteiger partial charge in [0, 0.05) is 11.5 Å². The van der Waals surface area contributed by atoms with Crippen molar-refractivity contribution in [1.29, 1.82) is 0 Å². The predicted molar refractivity (Wildman–Crippen MR) is 50.1 cm³/mol. The van der Waals surface area contributed by atoms with Crippen molar-refractivity contribution in [3.63, 3.8) is 0 Å². The van der Waals surface area contributed by atoms with Gasteiger partial charge < -0.3 is 4.74 Å². The van der Waals surface area contributed by atoms with Gasteiger partial charge in [-0.25, -0.2) is 4.79 Å². The number of ether oxygens (including phenoxy) is 1. The standard InChI is InChI=1S/C11H14O2/c1-13-10(12)4-7-11-5-2-9(8-11)3-6-11/h2,4-5,7,9H,3,6,8H2,1H3. The molecule has 0 aliphatic heterocycles. The normalized spacial score (nSPS) is 35.9. The van der Waals surface area contributed by atoms with Gasteiger partial charge in [0.25, 0.3) is 0 Å². The van der Waals surface area contributed by atoms with Gasteiger partial charge in [0.2, 0.25) is 0 Å². The first-order valence-corrected chi connectivity index (χ1v) is 4.71. The van der Waals surface area contributed by atoms with Crippen LogP contribution in [0.2, 0.25) is 0 Å². The summed E-state index contributed by atoms with van der Waals surface area (Å²) < 4.78 is 4.56. The molecule has 2 aliphatic carbocycles. The minimum Gasteiger partial charge on any atom is -0.466 e. The first-order chi connectivity index (χ1) is 6.24. The van der Waals surface area contributed by atoms with E-state index < -0.39 is 0 Å². The number of fused-ring (bicyclic) bond motifs is 2. The van der Waals surface area contributed by atoms with Crippen LogP contribution in [0.15, 0.2) is 24.3 Å². The van der Waals surface area contributed by atoms with E-state index in [0.717, 1.165) is 5.92 Å². The number of esters is 1. The summed E-state index contributed by atoms with van der Waals surface area (Å²) in [6, 6.07) is 0. The molecular formula is C11H14O2. The molecule has 0 N–H and O–H groups in total. The Bertz CT molecular complexity index is 278. The van der Waals surface area contributed by atoms with Gasteiger partial charge in [0.15, 0.2) is 0 Å². The maximum Gasteiger partial charge on any atom is 0.330 e. The topological polar surface area (TPSA) is 26.3 Å². The highest BCUT2D eigenvalue weighted by Crippen LogP contribution is 2.49. The van der Waals surface area contributed by atoms with E-state index in [4.69, 9.17) is 0 Å². The van der Waals surface area contributed by atoms with E-state index in [2.05, 4.69) is 16.9 Å². The van der Waals surface area contributed by atoms with Gasteiger partial charge >= 0.3 is 5.97 Å². The molecule has 2 heteroatoms. The lowest BCUT2D eigenvalue weighted by Crippen LogP contribution is -2.08. The first kappa shape index (κ1) is 8.54. The zero-order valence-electron chi connectivity index (χ0n) is 7.82. The second-order valence-electron chi connectivity index (χ2n) is 3.95. The van der Waals surface area contributed by atoms with Crippen molar-refractivity contribution in [2.75, 3.05) is 7.11 Å². The van der Waals surface area contributed by atoms with E-state index in [1.807, 2.05) is 6.08 Å². The monoisotopic (exact) mass is 178 g/mol. The molecule has 2 bridgehead atoms. The van der Waals surface area contributed by atoms with E-state index in [9.17, 15) is 4.79 Å². The fourth-order valence-corrected chi connectivity index (χ4v) is 2.30. The smallest absolute Gasteiger partial charge is 0.330 e. The minimum absolute atomic E-state index is 0.179. The summed E-state index contributed by atoms with van der Waals surface area (Å²) in [5.41, 5.74) is 0.179. The number of methoxy groups -OCH3 is 1. The average Bonchev–Trinajstić information content (AvgIpc) is 2.74. The Labute approximate surface area is 78.3 Å². The Morgan fingerprint density at radius 3 is 3.00 bits per heavy atom. The van der Waals surface area contributed by atoms with Crippen molar-refractivity contribution in [3.05, 3.63) is 24.3 Å². The third-order valence-corrected chi connectivity index (χ3v) is 3.08. The lowest BCUT2D eigenvalue weighted by atomic mass is 9.87. The van der Waals surface area contributed by atoms with Crippen LogP contribution in [0.1, 0.15) is 19.3 Å². The quantitative estimate of drug-likeness (QED) is 0.367. The summed E-state index contributed by atoms with van der Waals surface area (Å²) in [5, 5.41) is 0. The molecule has 70 valence electrons. The predicted octanol–water partition coefficient (Wildman–Crippen LogP) is 2.07. The second kappa shape index (κ2) is 3.02. The highest BCUT2D eigenvalue weighted by molar-refractivity contribution is 5.82. The summed E-state index contributed by atoms with van der Waals surface area (Å²) in [6.45, 7) is 0. The van der Waals surface area contributed by atoms with E-state index in [-0.39, 0.29) is 11.4 Å².